The molecule has 2 rings (SSSR count). The third-order valence-corrected chi connectivity index (χ3v) is 3.73. The second-order valence-electron chi connectivity index (χ2n) is 5.65. The molecule has 126 valence electrons. The zero-order valence-electron chi connectivity index (χ0n) is 14.3. The van der Waals surface area contributed by atoms with Crippen LogP contribution >= 0.6 is 0 Å². The van der Waals surface area contributed by atoms with Crippen LogP contribution in [0, 0.1) is 27.7 Å². The van der Waals surface area contributed by atoms with Crippen molar-refractivity contribution >= 4 is 17.6 Å². The van der Waals surface area contributed by atoms with Crippen LogP contribution in [-0.4, -0.2) is 21.8 Å². The Bertz CT molecular complexity index is 809. The predicted octanol–water partition coefficient (Wildman–Crippen LogP) is 1.74. The molecule has 0 radical (unpaired) electrons. The average molecular weight is 326 g/mol. The normalized spacial score (nSPS) is 10.3. The van der Waals surface area contributed by atoms with Crippen molar-refractivity contribution in [1.82, 2.24) is 9.97 Å². The van der Waals surface area contributed by atoms with Gasteiger partial charge in [0.15, 0.2) is 5.96 Å². The lowest BCUT2D eigenvalue weighted by atomic mass is 10.1. The number of rotatable bonds is 4. The topological polar surface area (TPSA) is 119 Å². The third-order valence-electron chi connectivity index (χ3n) is 3.73. The number of amides is 1. The number of carbonyl (C=O) groups is 1. The molecule has 5 N–H and O–H groups in total. The van der Waals surface area contributed by atoms with Crippen molar-refractivity contribution in [3.8, 4) is 0 Å². The van der Waals surface area contributed by atoms with Crippen molar-refractivity contribution in [2.24, 2.45) is 16.5 Å². The highest BCUT2D eigenvalue weighted by molar-refractivity contribution is 6.02. The van der Waals surface area contributed by atoms with Gasteiger partial charge in [0.2, 0.25) is 0 Å². The Morgan fingerprint density at radius 1 is 1.08 bits per heavy atom. The molecule has 1 amide bonds. The largest absolute Gasteiger partial charge is 0.379 e. The van der Waals surface area contributed by atoms with E-state index in [0.717, 1.165) is 34.0 Å². The molecule has 0 spiro atoms. The Morgan fingerprint density at radius 3 is 2.38 bits per heavy atom. The number of aryl methyl sites for hydroxylation is 4. The number of hydrogen-bond acceptors (Lipinski definition) is 4. The fourth-order valence-electron chi connectivity index (χ4n) is 2.28. The number of aromatic nitrogens is 2. The molecule has 0 saturated carbocycles. The molecule has 7 nitrogen and oxygen atoms in total. The summed E-state index contributed by atoms with van der Waals surface area (Å²) in [4.78, 5) is 24.4. The van der Waals surface area contributed by atoms with Gasteiger partial charge in [-0.05, 0) is 51.5 Å². The number of guanidine groups is 1. The van der Waals surface area contributed by atoms with Gasteiger partial charge in [-0.3, -0.25) is 14.8 Å². The highest BCUT2D eigenvalue weighted by Crippen LogP contribution is 2.18. The van der Waals surface area contributed by atoms with Gasteiger partial charge in [0.25, 0.3) is 5.91 Å². The van der Waals surface area contributed by atoms with Gasteiger partial charge >= 0.3 is 0 Å². The predicted molar refractivity (Wildman–Crippen MR) is 94.9 cm³/mol. The molecule has 0 fully saturated rings. The molecular weight excluding hydrogens is 304 g/mol. The van der Waals surface area contributed by atoms with Gasteiger partial charge in [-0.2, -0.15) is 4.99 Å². The highest BCUT2D eigenvalue weighted by atomic mass is 16.1. The molecule has 0 aliphatic heterocycles. The molecule has 1 aromatic heterocycles. The summed E-state index contributed by atoms with van der Waals surface area (Å²) in [6, 6.07) is 5.26. The molecular formula is C17H22N6O. The number of nitrogens with two attached hydrogens (primary N) is 2. The van der Waals surface area contributed by atoms with Crippen LogP contribution < -0.4 is 16.8 Å². The van der Waals surface area contributed by atoms with Crippen molar-refractivity contribution in [3.05, 3.63) is 52.1 Å². The maximum absolute atomic E-state index is 11.8. The van der Waals surface area contributed by atoms with Crippen molar-refractivity contribution in [2.45, 2.75) is 34.2 Å². The van der Waals surface area contributed by atoms with E-state index in [1.54, 1.807) is 12.1 Å². The third kappa shape index (κ3) is 4.07. The summed E-state index contributed by atoms with van der Waals surface area (Å²) in [7, 11) is 0. The summed E-state index contributed by atoms with van der Waals surface area (Å²) in [5.41, 5.74) is 16.4. The lowest BCUT2D eigenvalue weighted by Crippen LogP contribution is -2.24. The first-order valence-electron chi connectivity index (χ1n) is 7.57. The van der Waals surface area contributed by atoms with Gasteiger partial charge in [0.05, 0.1) is 29.3 Å². The molecule has 7 heteroatoms. The van der Waals surface area contributed by atoms with Gasteiger partial charge in [-0.1, -0.05) is 0 Å². The van der Waals surface area contributed by atoms with Gasteiger partial charge in [-0.25, -0.2) is 0 Å². The van der Waals surface area contributed by atoms with Crippen LogP contribution in [0.5, 0.6) is 0 Å². The molecule has 0 unspecified atom stereocenters. The van der Waals surface area contributed by atoms with Crippen LogP contribution in [0.25, 0.3) is 0 Å². The van der Waals surface area contributed by atoms with Gasteiger partial charge in [0, 0.05) is 11.3 Å². The smallest absolute Gasteiger partial charge is 0.280 e. The minimum atomic E-state index is -0.458. The Morgan fingerprint density at radius 2 is 1.75 bits per heavy atom. The van der Waals surface area contributed by atoms with Crippen molar-refractivity contribution in [3.63, 3.8) is 0 Å². The monoisotopic (exact) mass is 326 g/mol. The number of aliphatic imine (C=N–C) groups is 1. The van der Waals surface area contributed by atoms with Crippen LogP contribution in [0.2, 0.25) is 0 Å². The van der Waals surface area contributed by atoms with E-state index in [4.69, 9.17) is 11.5 Å². The Labute approximate surface area is 141 Å². The quantitative estimate of drug-likeness (QED) is 0.581. The number of nitrogens with zero attached hydrogens (tertiary/aromatic N) is 3. The van der Waals surface area contributed by atoms with E-state index in [-0.39, 0.29) is 5.96 Å². The van der Waals surface area contributed by atoms with Crippen molar-refractivity contribution in [2.75, 3.05) is 5.32 Å². The highest BCUT2D eigenvalue weighted by Gasteiger charge is 2.09. The van der Waals surface area contributed by atoms with Crippen LogP contribution in [-0.2, 0) is 6.54 Å². The summed E-state index contributed by atoms with van der Waals surface area (Å²) >= 11 is 0. The maximum Gasteiger partial charge on any atom is 0.280 e. The second kappa shape index (κ2) is 7.08. The van der Waals surface area contributed by atoms with Crippen LogP contribution in [0.3, 0.4) is 0 Å². The van der Waals surface area contributed by atoms with E-state index >= 15 is 0 Å². The molecule has 24 heavy (non-hydrogen) atoms. The lowest BCUT2D eigenvalue weighted by Gasteiger charge is -2.12. The summed E-state index contributed by atoms with van der Waals surface area (Å²) in [5, 5.41) is 3.32. The second-order valence-corrected chi connectivity index (χ2v) is 5.65. The fourth-order valence-corrected chi connectivity index (χ4v) is 2.28. The van der Waals surface area contributed by atoms with Crippen molar-refractivity contribution in [1.29, 1.82) is 0 Å². The number of benzene rings is 1. The van der Waals surface area contributed by atoms with Crippen LogP contribution in [0.1, 0.15) is 38.7 Å². The summed E-state index contributed by atoms with van der Waals surface area (Å²) in [5.74, 6) is -0.704. The molecule has 1 heterocycles. The van der Waals surface area contributed by atoms with Gasteiger partial charge < -0.3 is 16.8 Å². The Balaban J connectivity index is 2.16. The molecule has 2 aromatic rings. The van der Waals surface area contributed by atoms with Crippen molar-refractivity contribution < 1.29 is 4.79 Å². The zero-order valence-corrected chi connectivity index (χ0v) is 14.3. The van der Waals surface area contributed by atoms with E-state index in [1.807, 2.05) is 33.8 Å². The molecule has 0 aliphatic carbocycles. The lowest BCUT2D eigenvalue weighted by molar-refractivity contribution is 0.100. The first kappa shape index (κ1) is 17.4. The molecule has 0 saturated heterocycles. The summed E-state index contributed by atoms with van der Waals surface area (Å²) in [6.45, 7) is 8.31. The van der Waals surface area contributed by atoms with Crippen LogP contribution in [0.15, 0.2) is 23.2 Å². The number of anilines is 1. The fraction of sp³-hybridized carbons (Fsp3) is 0.294. The van der Waals surface area contributed by atoms with E-state index in [2.05, 4.69) is 20.3 Å². The van der Waals surface area contributed by atoms with Crippen LogP contribution in [0.4, 0.5) is 5.69 Å². The summed E-state index contributed by atoms with van der Waals surface area (Å²) in [6.07, 6.45) is 0. The minimum absolute atomic E-state index is 0.247. The molecule has 0 aliphatic rings. The van der Waals surface area contributed by atoms with E-state index in [0.29, 0.717) is 12.1 Å². The van der Waals surface area contributed by atoms with E-state index in [1.165, 1.54) is 0 Å². The van der Waals surface area contributed by atoms with E-state index < -0.39 is 5.91 Å². The van der Waals surface area contributed by atoms with Gasteiger partial charge in [-0.15, -0.1) is 0 Å². The zero-order chi connectivity index (χ0) is 17.9. The maximum atomic E-state index is 11.8. The standard InChI is InChI=1S/C17H22N6O/c1-9-7-13(16(24)23-17(18)19)5-6-14(9)20-8-15-12(4)21-10(2)11(3)22-15/h5-7,20H,8H2,1-4H3,(H4,18,19,23,24). The minimum Gasteiger partial charge on any atom is -0.379 e. The average Bonchev–Trinajstić information content (AvgIpc) is 2.49. The molecule has 0 bridgehead atoms. The SMILES string of the molecule is Cc1cc(C(=O)N=C(N)N)ccc1NCc1nc(C)c(C)nc1C. The Kier molecular flexibility index (Phi) is 5.13. The van der Waals surface area contributed by atoms with Gasteiger partial charge in [0.1, 0.15) is 0 Å². The first-order chi connectivity index (χ1) is 11.3. The number of hydrogen-bond donors (Lipinski definition) is 3. The summed E-state index contributed by atoms with van der Waals surface area (Å²) < 4.78 is 0. The molecule has 0 atom stereocenters. The van der Waals surface area contributed by atoms with E-state index in [9.17, 15) is 4.79 Å². The Hall–Kier alpha value is -2.96. The molecule has 1 aromatic carbocycles. The first-order valence-corrected chi connectivity index (χ1v) is 7.57. The number of nitrogens with one attached hydrogen (secondary N) is 1. The number of carbonyl (C=O) groups excluding carboxylic acids is 1.